The number of carbonyl (C=O) groups excluding carboxylic acids is 1. The van der Waals surface area contributed by atoms with Gasteiger partial charge in [-0.2, -0.15) is 4.52 Å². The number of hydrogen-bond acceptors (Lipinski definition) is 5. The quantitative estimate of drug-likeness (QED) is 0.735. The minimum atomic E-state index is -0.229. The zero-order valence-corrected chi connectivity index (χ0v) is 13.4. The molecule has 2 heterocycles. The molecule has 0 saturated heterocycles. The van der Waals surface area contributed by atoms with E-state index in [2.05, 4.69) is 20.4 Å². The number of nitrogens with one attached hydrogen (secondary N) is 2. The van der Waals surface area contributed by atoms with E-state index >= 15 is 0 Å². The maximum absolute atomic E-state index is 12.4. The number of aromatic nitrogens is 4. The Balaban J connectivity index is 1.68. The number of carbonyl (C=O) groups is 1. The number of amides is 1. The van der Waals surface area contributed by atoms with Crippen molar-refractivity contribution in [1.82, 2.24) is 19.6 Å². The highest BCUT2D eigenvalue weighted by atomic mass is 16.5. The number of nitrogens with zero attached hydrogens (tertiary/aromatic N) is 3. The number of methoxy groups -OCH3 is 1. The van der Waals surface area contributed by atoms with E-state index in [4.69, 9.17) is 4.74 Å². The lowest BCUT2D eigenvalue weighted by atomic mass is 10.1. The average molecular weight is 327 g/mol. The van der Waals surface area contributed by atoms with Crippen molar-refractivity contribution < 1.29 is 9.53 Å². The van der Waals surface area contributed by atoms with Crippen LogP contribution in [0.1, 0.15) is 17.7 Å². The van der Waals surface area contributed by atoms with Gasteiger partial charge in [-0.3, -0.25) is 14.7 Å². The molecule has 0 unspecified atom stereocenters. The molecular weight excluding hydrogens is 310 g/mol. The summed E-state index contributed by atoms with van der Waals surface area (Å²) in [5.41, 5.74) is 1.54. The second kappa shape index (κ2) is 6.53. The molecule has 0 aliphatic carbocycles. The van der Waals surface area contributed by atoms with Gasteiger partial charge in [0.1, 0.15) is 12.1 Å². The molecule has 24 heavy (non-hydrogen) atoms. The van der Waals surface area contributed by atoms with Crippen molar-refractivity contribution in [3.63, 3.8) is 0 Å². The number of benzene rings is 1. The first-order chi connectivity index (χ1) is 11.6. The van der Waals surface area contributed by atoms with Gasteiger partial charge in [-0.25, -0.2) is 9.97 Å². The fraction of sp³-hybridized carbons (Fsp3) is 0.250. The largest absolute Gasteiger partial charge is 0.497 e. The van der Waals surface area contributed by atoms with Gasteiger partial charge in [0.15, 0.2) is 0 Å². The summed E-state index contributed by atoms with van der Waals surface area (Å²) in [7, 11) is 1.58. The number of H-pyrrole nitrogens is 1. The summed E-state index contributed by atoms with van der Waals surface area (Å²) in [6, 6.07) is 7.05. The van der Waals surface area contributed by atoms with Crippen molar-refractivity contribution in [3.05, 3.63) is 52.2 Å². The Morgan fingerprint density at radius 1 is 1.33 bits per heavy atom. The van der Waals surface area contributed by atoms with Crippen LogP contribution < -0.4 is 15.6 Å². The van der Waals surface area contributed by atoms with Crippen molar-refractivity contribution in [3.8, 4) is 5.75 Å². The molecule has 1 aromatic carbocycles. The summed E-state index contributed by atoms with van der Waals surface area (Å²) in [5, 5.41) is 5.50. The summed E-state index contributed by atoms with van der Waals surface area (Å²) in [4.78, 5) is 32.6. The second-order valence-electron chi connectivity index (χ2n) is 5.28. The van der Waals surface area contributed by atoms with Gasteiger partial charge in [-0.05, 0) is 37.6 Å². The van der Waals surface area contributed by atoms with Gasteiger partial charge in [0.2, 0.25) is 5.91 Å². The number of anilines is 1. The van der Waals surface area contributed by atoms with Crippen LogP contribution in [-0.2, 0) is 11.2 Å². The molecule has 0 saturated carbocycles. The number of ether oxygens (including phenoxy) is 1. The molecule has 8 heteroatoms. The van der Waals surface area contributed by atoms with Gasteiger partial charge in [-0.15, -0.1) is 0 Å². The van der Waals surface area contributed by atoms with E-state index in [1.807, 2.05) is 0 Å². The molecule has 0 aliphatic rings. The maximum Gasteiger partial charge on any atom is 0.277 e. The van der Waals surface area contributed by atoms with Crippen LogP contribution in [0, 0.1) is 6.92 Å². The van der Waals surface area contributed by atoms with E-state index in [1.54, 1.807) is 38.3 Å². The molecule has 0 fully saturated rings. The van der Waals surface area contributed by atoms with Gasteiger partial charge >= 0.3 is 0 Å². The first-order valence-corrected chi connectivity index (χ1v) is 7.44. The molecule has 2 N–H and O–H groups in total. The van der Waals surface area contributed by atoms with E-state index in [0.717, 1.165) is 5.75 Å². The molecular formula is C16H17N5O3. The summed E-state index contributed by atoms with van der Waals surface area (Å²) in [6.07, 6.45) is 1.90. The minimum Gasteiger partial charge on any atom is -0.497 e. The summed E-state index contributed by atoms with van der Waals surface area (Å²) < 4.78 is 6.34. The number of rotatable bonds is 5. The Bertz CT molecular complexity index is 927. The maximum atomic E-state index is 12.4. The van der Waals surface area contributed by atoms with E-state index in [9.17, 15) is 9.59 Å². The van der Waals surface area contributed by atoms with Crippen LogP contribution in [0.15, 0.2) is 35.4 Å². The molecule has 0 aliphatic heterocycles. The third-order valence-corrected chi connectivity index (χ3v) is 3.71. The van der Waals surface area contributed by atoms with Crippen LogP contribution in [0.5, 0.6) is 5.75 Å². The van der Waals surface area contributed by atoms with E-state index < -0.39 is 0 Å². The third-order valence-electron chi connectivity index (χ3n) is 3.71. The van der Waals surface area contributed by atoms with Crippen molar-refractivity contribution in [2.75, 3.05) is 12.4 Å². The number of aromatic amines is 1. The normalized spacial score (nSPS) is 10.8. The van der Waals surface area contributed by atoms with Crippen molar-refractivity contribution in [2.24, 2.45) is 0 Å². The van der Waals surface area contributed by atoms with Crippen LogP contribution in [0.4, 0.5) is 5.69 Å². The fourth-order valence-electron chi connectivity index (χ4n) is 2.42. The zero-order chi connectivity index (χ0) is 17.1. The molecule has 1 amide bonds. The lowest BCUT2D eigenvalue weighted by Crippen LogP contribution is -2.23. The molecule has 0 radical (unpaired) electrons. The fourth-order valence-corrected chi connectivity index (χ4v) is 2.42. The standard InChI is InChI=1S/C16H17N5O3/c1-10-13(15(23)21-16(19-10)17-9-18-21)7-8-14(22)20-11-3-5-12(24-2)6-4-11/h3-6,9H,7-8H2,1-2H3,(H,20,22)(H,17,18,19). The highest BCUT2D eigenvalue weighted by Gasteiger charge is 2.13. The molecule has 3 rings (SSSR count). The molecule has 0 bridgehead atoms. The molecule has 0 atom stereocenters. The van der Waals surface area contributed by atoms with Crippen LogP contribution in [0.3, 0.4) is 0 Å². The Morgan fingerprint density at radius 2 is 2.08 bits per heavy atom. The van der Waals surface area contributed by atoms with Crippen LogP contribution >= 0.6 is 0 Å². The molecule has 3 aromatic rings. The summed E-state index contributed by atoms with van der Waals surface area (Å²) >= 11 is 0. The van der Waals surface area contributed by atoms with Gasteiger partial charge in [-0.1, -0.05) is 0 Å². The van der Waals surface area contributed by atoms with Crippen LogP contribution in [0.25, 0.3) is 5.78 Å². The lowest BCUT2D eigenvalue weighted by Gasteiger charge is -2.07. The predicted molar refractivity (Wildman–Crippen MR) is 88.3 cm³/mol. The molecule has 2 aromatic heterocycles. The first kappa shape index (κ1) is 15.7. The van der Waals surface area contributed by atoms with Crippen molar-refractivity contribution in [2.45, 2.75) is 19.8 Å². The van der Waals surface area contributed by atoms with Crippen LogP contribution in [-0.4, -0.2) is 32.6 Å². The Morgan fingerprint density at radius 3 is 2.79 bits per heavy atom. The monoisotopic (exact) mass is 327 g/mol. The Labute approximate surface area is 137 Å². The third kappa shape index (κ3) is 3.12. The van der Waals surface area contributed by atoms with Gasteiger partial charge in [0.05, 0.1) is 12.8 Å². The Hall–Kier alpha value is -3.16. The SMILES string of the molecule is COc1ccc(NC(=O)CCc2c(C)nc3nc[nH]n3c2=O)cc1. The predicted octanol–water partition coefficient (Wildman–Crippen LogP) is 1.31. The first-order valence-electron chi connectivity index (χ1n) is 7.44. The van der Waals surface area contributed by atoms with E-state index in [-0.39, 0.29) is 17.9 Å². The smallest absolute Gasteiger partial charge is 0.277 e. The molecule has 124 valence electrons. The van der Waals surface area contributed by atoms with Gasteiger partial charge in [0, 0.05) is 17.7 Å². The Kier molecular flexibility index (Phi) is 4.28. The molecule has 0 spiro atoms. The topological polar surface area (TPSA) is 101 Å². The lowest BCUT2D eigenvalue weighted by molar-refractivity contribution is -0.116. The highest BCUT2D eigenvalue weighted by Crippen LogP contribution is 2.15. The zero-order valence-electron chi connectivity index (χ0n) is 13.4. The number of hydrogen-bond donors (Lipinski definition) is 2. The summed E-state index contributed by atoms with van der Waals surface area (Å²) in [6.45, 7) is 1.74. The summed E-state index contributed by atoms with van der Waals surface area (Å²) in [5.74, 6) is 0.869. The minimum absolute atomic E-state index is 0.173. The number of aryl methyl sites for hydroxylation is 1. The van der Waals surface area contributed by atoms with E-state index in [1.165, 1.54) is 10.8 Å². The van der Waals surface area contributed by atoms with E-state index in [0.29, 0.717) is 29.1 Å². The van der Waals surface area contributed by atoms with Gasteiger partial charge < -0.3 is 10.1 Å². The highest BCUT2D eigenvalue weighted by molar-refractivity contribution is 5.90. The average Bonchev–Trinajstić information content (AvgIpc) is 3.04. The van der Waals surface area contributed by atoms with Gasteiger partial charge in [0.25, 0.3) is 11.3 Å². The van der Waals surface area contributed by atoms with Crippen molar-refractivity contribution in [1.29, 1.82) is 0 Å². The van der Waals surface area contributed by atoms with Crippen LogP contribution in [0.2, 0.25) is 0 Å². The number of fused-ring (bicyclic) bond motifs is 1. The second-order valence-corrected chi connectivity index (χ2v) is 5.28. The van der Waals surface area contributed by atoms with Crippen molar-refractivity contribution >= 4 is 17.4 Å². The molecule has 8 nitrogen and oxygen atoms in total.